The quantitative estimate of drug-likeness (QED) is 0.918. The lowest BCUT2D eigenvalue weighted by molar-refractivity contribution is 0.199. The predicted molar refractivity (Wildman–Crippen MR) is 80.5 cm³/mol. The summed E-state index contributed by atoms with van der Waals surface area (Å²) in [5.74, 6) is 0. The van der Waals surface area contributed by atoms with E-state index in [2.05, 4.69) is 52.7 Å². The van der Waals surface area contributed by atoms with Crippen molar-refractivity contribution in [2.45, 2.75) is 26.1 Å². The van der Waals surface area contributed by atoms with Gasteiger partial charge >= 0.3 is 0 Å². The maximum atomic E-state index is 4.47. The van der Waals surface area contributed by atoms with E-state index in [1.54, 1.807) is 0 Å². The van der Waals surface area contributed by atoms with Crippen molar-refractivity contribution in [1.29, 1.82) is 0 Å². The lowest BCUT2D eigenvalue weighted by Crippen LogP contribution is -2.48. The summed E-state index contributed by atoms with van der Waals surface area (Å²) < 4.78 is 2.02. The van der Waals surface area contributed by atoms with Crippen molar-refractivity contribution < 1.29 is 0 Å². The molecule has 0 radical (unpaired) electrons. The highest BCUT2D eigenvalue weighted by atomic mass is 15.3. The number of nitrogens with one attached hydrogen (secondary N) is 1. The standard InChI is InChI=1S/C16H22N4/c1-14-10-19(8-7-17-14)11-16-9-18-20(13-16)12-15-5-3-2-4-6-15/h2-6,9,13-14,17H,7-8,10-12H2,1H3/t14-/m1/s1. The fourth-order valence-electron chi connectivity index (χ4n) is 2.76. The Balaban J connectivity index is 1.59. The van der Waals surface area contributed by atoms with Crippen molar-refractivity contribution in [2.24, 2.45) is 0 Å². The fraction of sp³-hybridized carbons (Fsp3) is 0.438. The normalized spacial score (nSPS) is 20.1. The van der Waals surface area contributed by atoms with Crippen molar-refractivity contribution in [3.05, 3.63) is 53.9 Å². The first kappa shape index (κ1) is 13.3. The molecule has 0 bridgehead atoms. The molecule has 2 heterocycles. The molecule has 0 unspecified atom stereocenters. The van der Waals surface area contributed by atoms with Crippen LogP contribution in [0.1, 0.15) is 18.1 Å². The van der Waals surface area contributed by atoms with Crippen molar-refractivity contribution in [2.75, 3.05) is 19.6 Å². The van der Waals surface area contributed by atoms with E-state index in [1.807, 2.05) is 16.9 Å². The zero-order valence-electron chi connectivity index (χ0n) is 12.0. The summed E-state index contributed by atoms with van der Waals surface area (Å²) in [6.07, 6.45) is 4.16. The average molecular weight is 270 g/mol. The number of piperazine rings is 1. The predicted octanol–water partition coefficient (Wildman–Crippen LogP) is 1.73. The van der Waals surface area contributed by atoms with Crippen LogP contribution in [0.15, 0.2) is 42.7 Å². The molecule has 1 aromatic carbocycles. The number of nitrogens with zero attached hydrogens (tertiary/aromatic N) is 3. The SMILES string of the molecule is C[C@@H]1CN(Cc2cnn(Cc3ccccc3)c2)CCN1. The van der Waals surface area contributed by atoms with E-state index in [1.165, 1.54) is 11.1 Å². The molecule has 1 fully saturated rings. The van der Waals surface area contributed by atoms with Crippen LogP contribution in [0.25, 0.3) is 0 Å². The Morgan fingerprint density at radius 3 is 2.85 bits per heavy atom. The summed E-state index contributed by atoms with van der Waals surface area (Å²) in [7, 11) is 0. The molecule has 4 heteroatoms. The van der Waals surface area contributed by atoms with E-state index >= 15 is 0 Å². The van der Waals surface area contributed by atoms with Crippen LogP contribution in [-0.4, -0.2) is 40.4 Å². The van der Waals surface area contributed by atoms with Crippen LogP contribution < -0.4 is 5.32 Å². The molecule has 106 valence electrons. The Hall–Kier alpha value is -1.65. The lowest BCUT2D eigenvalue weighted by atomic mass is 10.2. The summed E-state index contributed by atoms with van der Waals surface area (Å²) in [6.45, 7) is 7.40. The van der Waals surface area contributed by atoms with Gasteiger partial charge in [0.15, 0.2) is 0 Å². The minimum atomic E-state index is 0.586. The highest BCUT2D eigenvalue weighted by molar-refractivity contribution is 5.15. The highest BCUT2D eigenvalue weighted by Crippen LogP contribution is 2.08. The van der Waals surface area contributed by atoms with Gasteiger partial charge in [-0.25, -0.2) is 0 Å². The molecule has 1 aromatic heterocycles. The molecule has 20 heavy (non-hydrogen) atoms. The van der Waals surface area contributed by atoms with Gasteiger partial charge in [0.25, 0.3) is 0 Å². The molecule has 0 saturated carbocycles. The van der Waals surface area contributed by atoms with Crippen LogP contribution in [0.2, 0.25) is 0 Å². The number of aromatic nitrogens is 2. The number of rotatable bonds is 4. The largest absolute Gasteiger partial charge is 0.312 e. The van der Waals surface area contributed by atoms with Gasteiger partial charge in [0.05, 0.1) is 12.7 Å². The third-order valence-electron chi connectivity index (χ3n) is 3.73. The van der Waals surface area contributed by atoms with Crippen LogP contribution >= 0.6 is 0 Å². The second-order valence-electron chi connectivity index (χ2n) is 5.62. The van der Waals surface area contributed by atoms with E-state index in [9.17, 15) is 0 Å². The van der Waals surface area contributed by atoms with E-state index < -0.39 is 0 Å². The summed E-state index contributed by atoms with van der Waals surface area (Å²) in [5, 5.41) is 7.94. The van der Waals surface area contributed by atoms with Crippen LogP contribution in [0.4, 0.5) is 0 Å². The molecule has 0 aliphatic carbocycles. The summed E-state index contributed by atoms with van der Waals surface area (Å²) in [5.41, 5.74) is 2.59. The number of benzene rings is 1. The molecule has 0 spiro atoms. The summed E-state index contributed by atoms with van der Waals surface area (Å²) in [4.78, 5) is 2.49. The second-order valence-corrected chi connectivity index (χ2v) is 5.62. The molecule has 3 rings (SSSR count). The third-order valence-corrected chi connectivity index (χ3v) is 3.73. The van der Waals surface area contributed by atoms with Gasteiger partial charge < -0.3 is 5.32 Å². The Morgan fingerprint density at radius 1 is 1.20 bits per heavy atom. The van der Waals surface area contributed by atoms with Gasteiger partial charge in [-0.05, 0) is 12.5 Å². The van der Waals surface area contributed by atoms with Crippen LogP contribution in [0.5, 0.6) is 0 Å². The first-order valence-corrected chi connectivity index (χ1v) is 7.30. The van der Waals surface area contributed by atoms with Gasteiger partial charge in [0, 0.05) is 44.0 Å². The van der Waals surface area contributed by atoms with Gasteiger partial charge in [0.2, 0.25) is 0 Å². The lowest BCUT2D eigenvalue weighted by Gasteiger charge is -2.31. The van der Waals surface area contributed by atoms with Crippen LogP contribution in [-0.2, 0) is 13.1 Å². The van der Waals surface area contributed by atoms with E-state index in [4.69, 9.17) is 0 Å². The second kappa shape index (κ2) is 6.20. The summed E-state index contributed by atoms with van der Waals surface area (Å²) in [6, 6.07) is 11.1. The molecule has 1 atom stereocenters. The van der Waals surface area contributed by atoms with E-state index in [0.29, 0.717) is 6.04 Å². The Labute approximate surface area is 120 Å². The zero-order valence-corrected chi connectivity index (χ0v) is 12.0. The monoisotopic (exact) mass is 270 g/mol. The molecule has 1 N–H and O–H groups in total. The topological polar surface area (TPSA) is 33.1 Å². The Kier molecular flexibility index (Phi) is 4.14. The Morgan fingerprint density at radius 2 is 2.05 bits per heavy atom. The average Bonchev–Trinajstić information content (AvgIpc) is 2.87. The minimum Gasteiger partial charge on any atom is -0.312 e. The molecule has 1 aliphatic rings. The molecule has 0 amide bonds. The molecular weight excluding hydrogens is 248 g/mol. The third kappa shape index (κ3) is 3.46. The Bertz CT molecular complexity index is 534. The highest BCUT2D eigenvalue weighted by Gasteiger charge is 2.15. The van der Waals surface area contributed by atoms with E-state index in [-0.39, 0.29) is 0 Å². The first-order chi connectivity index (χ1) is 9.79. The molecule has 2 aromatic rings. The molecular formula is C16H22N4. The molecule has 1 aliphatic heterocycles. The van der Waals surface area contributed by atoms with Crippen LogP contribution in [0, 0.1) is 0 Å². The van der Waals surface area contributed by atoms with Gasteiger partial charge in [-0.3, -0.25) is 9.58 Å². The van der Waals surface area contributed by atoms with Crippen molar-refractivity contribution in [1.82, 2.24) is 20.0 Å². The molecule has 1 saturated heterocycles. The van der Waals surface area contributed by atoms with Gasteiger partial charge in [0.1, 0.15) is 0 Å². The number of hydrogen-bond acceptors (Lipinski definition) is 3. The fourth-order valence-corrected chi connectivity index (χ4v) is 2.76. The maximum absolute atomic E-state index is 4.47. The van der Waals surface area contributed by atoms with E-state index in [0.717, 1.165) is 32.7 Å². The van der Waals surface area contributed by atoms with Gasteiger partial charge in [-0.15, -0.1) is 0 Å². The minimum absolute atomic E-state index is 0.586. The van der Waals surface area contributed by atoms with Gasteiger partial charge in [-0.1, -0.05) is 30.3 Å². The smallest absolute Gasteiger partial charge is 0.0659 e. The van der Waals surface area contributed by atoms with Crippen molar-refractivity contribution >= 4 is 0 Å². The van der Waals surface area contributed by atoms with Gasteiger partial charge in [-0.2, -0.15) is 5.10 Å². The van der Waals surface area contributed by atoms with Crippen molar-refractivity contribution in [3.8, 4) is 0 Å². The first-order valence-electron chi connectivity index (χ1n) is 7.30. The summed E-state index contributed by atoms with van der Waals surface area (Å²) >= 11 is 0. The number of hydrogen-bond donors (Lipinski definition) is 1. The maximum Gasteiger partial charge on any atom is 0.0659 e. The van der Waals surface area contributed by atoms with Crippen molar-refractivity contribution in [3.63, 3.8) is 0 Å². The zero-order chi connectivity index (χ0) is 13.8. The van der Waals surface area contributed by atoms with Crippen LogP contribution in [0.3, 0.4) is 0 Å². The molecule has 4 nitrogen and oxygen atoms in total.